The van der Waals surface area contributed by atoms with E-state index < -0.39 is 0 Å². The highest BCUT2D eigenvalue weighted by molar-refractivity contribution is 14.0. The number of piperidine rings is 2. The van der Waals surface area contributed by atoms with Crippen LogP contribution in [0, 0.1) is 0 Å². The van der Waals surface area contributed by atoms with Crippen molar-refractivity contribution in [1.29, 1.82) is 0 Å². The molecular weight excluding hydrogens is 471 g/mol. The highest BCUT2D eigenvalue weighted by Crippen LogP contribution is 2.18. The molecule has 3 rings (SSSR count). The molecule has 0 aromatic carbocycles. The van der Waals surface area contributed by atoms with E-state index in [4.69, 9.17) is 9.47 Å². The Balaban J connectivity index is 0.00000280. The predicted molar refractivity (Wildman–Crippen MR) is 121 cm³/mol. The first-order valence-corrected chi connectivity index (χ1v) is 10.7. The second-order valence-electron chi connectivity index (χ2n) is 7.85. The minimum Gasteiger partial charge on any atom is -0.376 e. The number of aliphatic imine (C=N–C) groups is 1. The number of carbonyl (C=O) groups is 1. The monoisotopic (exact) mass is 508 g/mol. The minimum absolute atomic E-state index is 0. The van der Waals surface area contributed by atoms with Gasteiger partial charge in [-0.05, 0) is 51.4 Å². The molecule has 3 heterocycles. The van der Waals surface area contributed by atoms with Crippen LogP contribution in [-0.4, -0.2) is 86.9 Å². The van der Waals surface area contributed by atoms with Gasteiger partial charge in [-0.15, -0.1) is 24.0 Å². The summed E-state index contributed by atoms with van der Waals surface area (Å²) in [5.74, 6) is 1.01. The van der Waals surface area contributed by atoms with Crippen molar-refractivity contribution < 1.29 is 14.3 Å². The number of rotatable bonds is 5. The number of likely N-dealkylation sites (tertiary alicyclic amines) is 2. The molecule has 0 aliphatic carbocycles. The van der Waals surface area contributed by atoms with Crippen molar-refractivity contribution in [3.8, 4) is 0 Å². The minimum atomic E-state index is 0. The van der Waals surface area contributed by atoms with E-state index in [1.807, 2.05) is 4.90 Å². The summed E-state index contributed by atoms with van der Waals surface area (Å²) in [5.41, 5.74) is 0. The zero-order valence-corrected chi connectivity index (χ0v) is 19.6. The van der Waals surface area contributed by atoms with Gasteiger partial charge in [-0.2, -0.15) is 0 Å². The summed E-state index contributed by atoms with van der Waals surface area (Å²) in [4.78, 5) is 20.9. The SMILES string of the molecule is CN=C(NCC(=O)N1CCCCC1)N1CCC(OCC2CCCCO2)CC1.I. The van der Waals surface area contributed by atoms with Crippen LogP contribution < -0.4 is 5.32 Å². The third-order valence-electron chi connectivity index (χ3n) is 5.85. The molecule has 0 aromatic heterocycles. The zero-order chi connectivity index (χ0) is 18.9. The lowest BCUT2D eigenvalue weighted by atomic mass is 10.1. The third-order valence-corrected chi connectivity index (χ3v) is 5.85. The van der Waals surface area contributed by atoms with Gasteiger partial charge in [0.25, 0.3) is 0 Å². The van der Waals surface area contributed by atoms with Gasteiger partial charge in [0.2, 0.25) is 5.91 Å². The molecule has 8 heteroatoms. The van der Waals surface area contributed by atoms with Gasteiger partial charge >= 0.3 is 0 Å². The number of carbonyl (C=O) groups excluding carboxylic acids is 1. The summed E-state index contributed by atoms with van der Waals surface area (Å²) in [6.07, 6.45) is 9.63. The Morgan fingerprint density at radius 3 is 2.43 bits per heavy atom. The van der Waals surface area contributed by atoms with E-state index in [9.17, 15) is 4.79 Å². The molecule has 3 saturated heterocycles. The molecule has 1 atom stereocenters. The summed E-state index contributed by atoms with van der Waals surface area (Å²) in [5, 5.41) is 3.26. The number of nitrogens with one attached hydrogen (secondary N) is 1. The van der Waals surface area contributed by atoms with E-state index in [1.54, 1.807) is 7.05 Å². The molecule has 162 valence electrons. The van der Waals surface area contributed by atoms with Crippen LogP contribution in [0.15, 0.2) is 4.99 Å². The normalized spacial score (nSPS) is 24.6. The van der Waals surface area contributed by atoms with Crippen molar-refractivity contribution in [2.24, 2.45) is 4.99 Å². The number of nitrogens with zero attached hydrogens (tertiary/aromatic N) is 3. The van der Waals surface area contributed by atoms with Crippen LogP contribution in [0.25, 0.3) is 0 Å². The fourth-order valence-corrected chi connectivity index (χ4v) is 4.16. The standard InChI is InChI=1S/C20H36N4O3.HI/c1-21-20(22-15-19(25)23-10-4-2-5-11-23)24-12-8-17(9-13-24)27-16-18-7-3-6-14-26-18;/h17-18H,2-16H2,1H3,(H,21,22);1H. The Morgan fingerprint density at radius 2 is 1.79 bits per heavy atom. The van der Waals surface area contributed by atoms with Crippen LogP contribution in [0.2, 0.25) is 0 Å². The quantitative estimate of drug-likeness (QED) is 0.351. The van der Waals surface area contributed by atoms with Crippen molar-refractivity contribution in [1.82, 2.24) is 15.1 Å². The first-order valence-electron chi connectivity index (χ1n) is 10.7. The summed E-state index contributed by atoms with van der Waals surface area (Å²) in [6.45, 7) is 5.55. The van der Waals surface area contributed by atoms with E-state index in [1.165, 1.54) is 19.3 Å². The van der Waals surface area contributed by atoms with Gasteiger partial charge < -0.3 is 24.6 Å². The van der Waals surface area contributed by atoms with E-state index >= 15 is 0 Å². The number of ether oxygens (including phenoxy) is 2. The van der Waals surface area contributed by atoms with Gasteiger partial charge in [-0.3, -0.25) is 9.79 Å². The smallest absolute Gasteiger partial charge is 0.241 e. The number of hydrogen-bond donors (Lipinski definition) is 1. The second kappa shape index (κ2) is 12.8. The molecule has 3 fully saturated rings. The van der Waals surface area contributed by atoms with Gasteiger partial charge in [-0.1, -0.05) is 0 Å². The molecule has 1 N–H and O–H groups in total. The lowest BCUT2D eigenvalue weighted by Crippen LogP contribution is -2.50. The molecule has 1 unspecified atom stereocenters. The highest BCUT2D eigenvalue weighted by atomic mass is 127. The van der Waals surface area contributed by atoms with Crippen molar-refractivity contribution in [3.63, 3.8) is 0 Å². The predicted octanol–water partition coefficient (Wildman–Crippen LogP) is 2.24. The summed E-state index contributed by atoms with van der Waals surface area (Å²) < 4.78 is 11.8. The van der Waals surface area contributed by atoms with Crippen molar-refractivity contribution in [2.75, 3.05) is 53.0 Å². The summed E-state index contributed by atoms with van der Waals surface area (Å²) in [6, 6.07) is 0. The molecule has 0 saturated carbocycles. The van der Waals surface area contributed by atoms with Gasteiger partial charge in [0.05, 0.1) is 25.4 Å². The Labute approximate surface area is 186 Å². The Hall–Kier alpha value is -0.610. The van der Waals surface area contributed by atoms with Gasteiger partial charge in [-0.25, -0.2) is 0 Å². The molecule has 0 spiro atoms. The molecule has 3 aliphatic heterocycles. The fourth-order valence-electron chi connectivity index (χ4n) is 4.16. The summed E-state index contributed by atoms with van der Waals surface area (Å²) in [7, 11) is 1.79. The molecule has 0 radical (unpaired) electrons. The van der Waals surface area contributed by atoms with Crippen molar-refractivity contribution in [2.45, 2.75) is 63.6 Å². The number of hydrogen-bond acceptors (Lipinski definition) is 4. The molecule has 0 bridgehead atoms. The molecule has 0 aromatic rings. The van der Waals surface area contributed by atoms with E-state index in [-0.39, 0.29) is 36.0 Å². The molecule has 3 aliphatic rings. The average molecular weight is 508 g/mol. The maximum Gasteiger partial charge on any atom is 0.241 e. The number of amides is 1. The molecular formula is C20H37IN4O3. The van der Waals surface area contributed by atoms with E-state index in [2.05, 4.69) is 15.2 Å². The first-order chi connectivity index (χ1) is 13.3. The van der Waals surface area contributed by atoms with E-state index in [0.717, 1.165) is 77.5 Å². The van der Waals surface area contributed by atoms with Gasteiger partial charge in [0.15, 0.2) is 5.96 Å². The molecule has 1 amide bonds. The molecule has 7 nitrogen and oxygen atoms in total. The third kappa shape index (κ3) is 7.33. The Morgan fingerprint density at radius 1 is 1.04 bits per heavy atom. The maximum atomic E-state index is 12.3. The van der Waals surface area contributed by atoms with E-state index in [0.29, 0.717) is 12.6 Å². The average Bonchev–Trinajstić information content (AvgIpc) is 2.74. The second-order valence-corrected chi connectivity index (χ2v) is 7.85. The Bertz CT molecular complexity index is 486. The zero-order valence-electron chi connectivity index (χ0n) is 17.2. The lowest BCUT2D eigenvalue weighted by molar-refractivity contribution is -0.130. The number of halogens is 1. The largest absolute Gasteiger partial charge is 0.376 e. The van der Waals surface area contributed by atoms with Crippen LogP contribution >= 0.6 is 24.0 Å². The fraction of sp³-hybridized carbons (Fsp3) is 0.900. The lowest BCUT2D eigenvalue weighted by Gasteiger charge is -2.35. The maximum absolute atomic E-state index is 12.3. The number of guanidine groups is 1. The van der Waals surface area contributed by atoms with Crippen LogP contribution in [0.1, 0.15) is 51.4 Å². The highest BCUT2D eigenvalue weighted by Gasteiger charge is 2.24. The van der Waals surface area contributed by atoms with Crippen LogP contribution in [0.5, 0.6) is 0 Å². The van der Waals surface area contributed by atoms with Crippen molar-refractivity contribution >= 4 is 35.8 Å². The van der Waals surface area contributed by atoms with Gasteiger partial charge in [0, 0.05) is 39.8 Å². The first kappa shape index (κ1) is 23.7. The van der Waals surface area contributed by atoms with Crippen LogP contribution in [-0.2, 0) is 14.3 Å². The van der Waals surface area contributed by atoms with Crippen LogP contribution in [0.3, 0.4) is 0 Å². The van der Waals surface area contributed by atoms with Gasteiger partial charge in [0.1, 0.15) is 0 Å². The van der Waals surface area contributed by atoms with Crippen LogP contribution in [0.4, 0.5) is 0 Å². The Kier molecular flexibility index (Phi) is 10.9. The van der Waals surface area contributed by atoms with Crippen molar-refractivity contribution in [3.05, 3.63) is 0 Å². The topological polar surface area (TPSA) is 66.4 Å². The molecule has 28 heavy (non-hydrogen) atoms. The summed E-state index contributed by atoms with van der Waals surface area (Å²) >= 11 is 0.